The minimum Gasteiger partial charge on any atom is -0.349 e. The van der Waals surface area contributed by atoms with Gasteiger partial charge in [-0.25, -0.2) is 0 Å². The molecule has 0 aliphatic heterocycles. The number of hydrogen-bond acceptors (Lipinski definition) is 3. The minimum atomic E-state index is -0.352. The van der Waals surface area contributed by atoms with E-state index in [1.807, 2.05) is 37.7 Å². The maximum absolute atomic E-state index is 12.1. The zero-order valence-corrected chi connectivity index (χ0v) is 13.4. The third-order valence-electron chi connectivity index (χ3n) is 3.19. The van der Waals surface area contributed by atoms with E-state index in [2.05, 4.69) is 31.4 Å². The molecule has 2 rings (SSSR count). The Kier molecular flexibility index (Phi) is 4.59. The lowest BCUT2D eigenvalue weighted by atomic mass is 10.3. The van der Waals surface area contributed by atoms with Crippen molar-refractivity contribution in [3.05, 3.63) is 34.3 Å². The molecule has 108 valence electrons. The number of nitrogens with zero attached hydrogens (tertiary/aromatic N) is 4. The highest BCUT2D eigenvalue weighted by Gasteiger charge is 2.18. The molecule has 0 saturated heterocycles. The average Bonchev–Trinajstić information content (AvgIpc) is 3.03. The van der Waals surface area contributed by atoms with Crippen LogP contribution in [-0.2, 0) is 17.9 Å². The molecule has 2 heterocycles. The Morgan fingerprint density at radius 1 is 1.55 bits per heavy atom. The number of aryl methyl sites for hydroxylation is 1. The summed E-state index contributed by atoms with van der Waals surface area (Å²) in [6, 6.07) is 1.55. The molecule has 2 aromatic rings. The van der Waals surface area contributed by atoms with Gasteiger partial charge in [0.25, 0.3) is 0 Å². The second kappa shape index (κ2) is 6.21. The van der Waals surface area contributed by atoms with Gasteiger partial charge < -0.3 is 5.32 Å². The fraction of sp³-hybridized carbons (Fsp3) is 0.462. The summed E-state index contributed by atoms with van der Waals surface area (Å²) in [6.07, 6.45) is 3.60. The zero-order chi connectivity index (χ0) is 14.7. The third kappa shape index (κ3) is 3.09. The molecule has 0 saturated carbocycles. The smallest absolute Gasteiger partial charge is 0.244 e. The summed E-state index contributed by atoms with van der Waals surface area (Å²) in [7, 11) is 0. The molecule has 0 radical (unpaired) electrons. The topological polar surface area (TPSA) is 64.7 Å². The largest absolute Gasteiger partial charge is 0.349 e. The van der Waals surface area contributed by atoms with Gasteiger partial charge in [-0.05, 0) is 42.8 Å². The van der Waals surface area contributed by atoms with E-state index in [4.69, 9.17) is 0 Å². The fourth-order valence-corrected chi connectivity index (χ4v) is 2.18. The molecule has 20 heavy (non-hydrogen) atoms. The summed E-state index contributed by atoms with van der Waals surface area (Å²) in [6.45, 7) is 7.02. The van der Waals surface area contributed by atoms with Gasteiger partial charge in [-0.3, -0.25) is 14.2 Å². The lowest BCUT2D eigenvalue weighted by molar-refractivity contribution is -0.124. The number of amides is 1. The number of nitrogens with one attached hydrogen (secondary N) is 1. The van der Waals surface area contributed by atoms with E-state index in [1.165, 1.54) is 0 Å². The summed E-state index contributed by atoms with van der Waals surface area (Å²) in [5, 5.41) is 11.4. The van der Waals surface area contributed by atoms with E-state index in [-0.39, 0.29) is 11.9 Å². The van der Waals surface area contributed by atoms with Gasteiger partial charge in [-0.15, -0.1) is 0 Å². The van der Waals surface area contributed by atoms with E-state index < -0.39 is 0 Å². The molecule has 1 atom stereocenters. The SMILES string of the molecule is CCn1ccc(CNC(=O)C(C)n2ncc(Br)c2C)n1. The van der Waals surface area contributed by atoms with Crippen LogP contribution in [0.2, 0.25) is 0 Å². The van der Waals surface area contributed by atoms with Crippen molar-refractivity contribution in [1.29, 1.82) is 0 Å². The van der Waals surface area contributed by atoms with E-state index in [1.54, 1.807) is 10.9 Å². The van der Waals surface area contributed by atoms with Gasteiger partial charge in [0.2, 0.25) is 5.91 Å². The molecule has 0 spiro atoms. The van der Waals surface area contributed by atoms with Crippen molar-refractivity contribution in [3.63, 3.8) is 0 Å². The van der Waals surface area contributed by atoms with Gasteiger partial charge >= 0.3 is 0 Å². The Labute approximate surface area is 126 Å². The fourth-order valence-electron chi connectivity index (χ4n) is 1.90. The van der Waals surface area contributed by atoms with Crippen molar-refractivity contribution >= 4 is 21.8 Å². The first kappa shape index (κ1) is 14.8. The normalized spacial score (nSPS) is 12.4. The Bertz CT molecular complexity index is 604. The van der Waals surface area contributed by atoms with E-state index in [0.29, 0.717) is 6.54 Å². The maximum atomic E-state index is 12.1. The monoisotopic (exact) mass is 339 g/mol. The van der Waals surface area contributed by atoms with Gasteiger partial charge in [-0.2, -0.15) is 10.2 Å². The van der Waals surface area contributed by atoms with Crippen LogP contribution in [0.3, 0.4) is 0 Å². The summed E-state index contributed by atoms with van der Waals surface area (Å²) < 4.78 is 4.43. The van der Waals surface area contributed by atoms with Crippen molar-refractivity contribution in [1.82, 2.24) is 24.9 Å². The van der Waals surface area contributed by atoms with Crippen LogP contribution in [0.1, 0.15) is 31.3 Å². The van der Waals surface area contributed by atoms with Crippen molar-refractivity contribution in [3.8, 4) is 0 Å². The predicted octanol–water partition coefficient (Wildman–Crippen LogP) is 2.05. The Balaban J connectivity index is 1.96. The van der Waals surface area contributed by atoms with Crippen LogP contribution in [-0.4, -0.2) is 25.5 Å². The molecule has 0 aliphatic carbocycles. The van der Waals surface area contributed by atoms with Crippen LogP contribution in [0.4, 0.5) is 0 Å². The standard InChI is InChI=1S/C13H18BrN5O/c1-4-18-6-5-11(17-18)7-15-13(20)10(3)19-9(2)12(14)8-16-19/h5-6,8,10H,4,7H2,1-3H3,(H,15,20). The van der Waals surface area contributed by atoms with Crippen LogP contribution >= 0.6 is 15.9 Å². The Morgan fingerprint density at radius 3 is 2.85 bits per heavy atom. The number of hydrogen-bond donors (Lipinski definition) is 1. The summed E-state index contributed by atoms with van der Waals surface area (Å²) in [4.78, 5) is 12.1. The number of carbonyl (C=O) groups is 1. The van der Waals surface area contributed by atoms with Crippen LogP contribution in [0.5, 0.6) is 0 Å². The van der Waals surface area contributed by atoms with E-state index in [0.717, 1.165) is 22.4 Å². The van der Waals surface area contributed by atoms with Crippen molar-refractivity contribution in [2.24, 2.45) is 0 Å². The van der Waals surface area contributed by atoms with E-state index >= 15 is 0 Å². The summed E-state index contributed by atoms with van der Waals surface area (Å²) >= 11 is 3.39. The second-order valence-electron chi connectivity index (χ2n) is 4.58. The minimum absolute atomic E-state index is 0.0743. The van der Waals surface area contributed by atoms with Gasteiger partial charge in [0.15, 0.2) is 0 Å². The van der Waals surface area contributed by atoms with Gasteiger partial charge in [0, 0.05) is 12.7 Å². The highest BCUT2D eigenvalue weighted by molar-refractivity contribution is 9.10. The Morgan fingerprint density at radius 2 is 2.30 bits per heavy atom. The lowest BCUT2D eigenvalue weighted by Gasteiger charge is -2.14. The van der Waals surface area contributed by atoms with Crippen molar-refractivity contribution in [2.75, 3.05) is 0 Å². The second-order valence-corrected chi connectivity index (χ2v) is 5.43. The third-order valence-corrected chi connectivity index (χ3v) is 3.97. The highest BCUT2D eigenvalue weighted by Crippen LogP contribution is 2.18. The molecule has 7 heteroatoms. The molecule has 0 aliphatic rings. The van der Waals surface area contributed by atoms with Crippen LogP contribution < -0.4 is 5.32 Å². The first-order valence-corrected chi connectivity index (χ1v) is 7.32. The molecule has 0 aromatic carbocycles. The first-order chi connectivity index (χ1) is 9.52. The lowest BCUT2D eigenvalue weighted by Crippen LogP contribution is -2.31. The predicted molar refractivity (Wildman–Crippen MR) is 79.1 cm³/mol. The number of halogens is 1. The first-order valence-electron chi connectivity index (χ1n) is 6.52. The highest BCUT2D eigenvalue weighted by atomic mass is 79.9. The number of aromatic nitrogens is 4. The zero-order valence-electron chi connectivity index (χ0n) is 11.8. The van der Waals surface area contributed by atoms with Crippen molar-refractivity contribution in [2.45, 2.75) is 39.9 Å². The molecule has 0 bridgehead atoms. The van der Waals surface area contributed by atoms with Gasteiger partial charge in [-0.1, -0.05) is 0 Å². The molecule has 1 amide bonds. The summed E-state index contributed by atoms with van der Waals surface area (Å²) in [5.41, 5.74) is 1.79. The molecule has 6 nitrogen and oxygen atoms in total. The molecular weight excluding hydrogens is 322 g/mol. The molecule has 1 unspecified atom stereocenters. The van der Waals surface area contributed by atoms with Gasteiger partial charge in [0.05, 0.1) is 28.6 Å². The summed E-state index contributed by atoms with van der Waals surface area (Å²) in [5.74, 6) is -0.0743. The van der Waals surface area contributed by atoms with Crippen LogP contribution in [0.15, 0.2) is 22.9 Å². The Hall–Kier alpha value is -1.63. The average molecular weight is 340 g/mol. The number of carbonyl (C=O) groups excluding carboxylic acids is 1. The molecule has 2 aromatic heterocycles. The molecular formula is C13H18BrN5O. The van der Waals surface area contributed by atoms with Crippen LogP contribution in [0, 0.1) is 6.92 Å². The van der Waals surface area contributed by atoms with E-state index in [9.17, 15) is 4.79 Å². The number of rotatable bonds is 5. The quantitative estimate of drug-likeness (QED) is 0.906. The molecule has 0 fully saturated rings. The van der Waals surface area contributed by atoms with Gasteiger partial charge in [0.1, 0.15) is 6.04 Å². The maximum Gasteiger partial charge on any atom is 0.244 e. The van der Waals surface area contributed by atoms with Crippen LogP contribution in [0.25, 0.3) is 0 Å². The molecule has 1 N–H and O–H groups in total. The van der Waals surface area contributed by atoms with Crippen molar-refractivity contribution < 1.29 is 4.79 Å².